The number of aryl methyl sites for hydroxylation is 1. The van der Waals surface area contributed by atoms with Gasteiger partial charge in [0.25, 0.3) is 0 Å². The van der Waals surface area contributed by atoms with Gasteiger partial charge in [-0.25, -0.2) is 22.1 Å². The fourth-order valence-corrected chi connectivity index (χ4v) is 5.75. The van der Waals surface area contributed by atoms with Crippen molar-refractivity contribution in [2.75, 3.05) is 19.4 Å². The van der Waals surface area contributed by atoms with Crippen molar-refractivity contribution < 1.29 is 12.8 Å². The minimum Gasteiger partial charge on any atom is -0.328 e. The van der Waals surface area contributed by atoms with Gasteiger partial charge in [0.1, 0.15) is 11.6 Å². The van der Waals surface area contributed by atoms with Crippen molar-refractivity contribution in [3.05, 3.63) is 54.1 Å². The molecule has 0 radical (unpaired) electrons. The van der Waals surface area contributed by atoms with Crippen LogP contribution in [-0.2, 0) is 22.3 Å². The Morgan fingerprint density at radius 3 is 2.69 bits per heavy atom. The molecule has 1 N–H and O–H groups in total. The van der Waals surface area contributed by atoms with Crippen LogP contribution in [0, 0.1) is 5.82 Å². The summed E-state index contributed by atoms with van der Waals surface area (Å²) in [6.45, 7) is 2.71. The second-order valence-electron chi connectivity index (χ2n) is 6.98. The Morgan fingerprint density at radius 2 is 1.97 bits per heavy atom. The zero-order valence-corrected chi connectivity index (χ0v) is 20.1. The molecule has 0 fully saturated rings. The number of sulfonamides is 1. The highest BCUT2D eigenvalue weighted by Crippen LogP contribution is 2.31. The minimum absolute atomic E-state index is 0.211. The Kier molecular flexibility index (Phi) is 6.47. The average molecular weight is 493 g/mol. The molecule has 32 heavy (non-hydrogen) atoms. The maximum Gasteiger partial charge on any atom is 0.242 e. The molecule has 0 unspecified atom stereocenters. The first-order valence-corrected chi connectivity index (χ1v) is 12.9. The molecule has 2 aromatic carbocycles. The summed E-state index contributed by atoms with van der Waals surface area (Å²) in [5.74, 6) is 0.988. The monoisotopic (exact) mass is 492 g/mol. The third kappa shape index (κ3) is 4.49. The molecule has 4 rings (SSSR count). The van der Waals surface area contributed by atoms with Crippen LogP contribution in [0.25, 0.3) is 11.0 Å². The van der Waals surface area contributed by atoms with Crippen LogP contribution in [0.5, 0.6) is 0 Å². The molecular weight excluding hydrogens is 471 g/mol. The number of imidazole rings is 1. The van der Waals surface area contributed by atoms with Crippen LogP contribution in [0.1, 0.15) is 12.7 Å². The molecule has 0 aliphatic rings. The van der Waals surface area contributed by atoms with Crippen LogP contribution in [0.4, 0.5) is 15.2 Å². The Morgan fingerprint density at radius 1 is 1.19 bits per heavy atom. The van der Waals surface area contributed by atoms with Crippen molar-refractivity contribution in [2.24, 2.45) is 0 Å². The molecule has 12 heteroatoms. The average Bonchev–Trinajstić information content (AvgIpc) is 3.36. The predicted octanol–water partition coefficient (Wildman–Crippen LogP) is 4.33. The first-order valence-electron chi connectivity index (χ1n) is 9.69. The molecule has 8 nitrogen and oxygen atoms in total. The van der Waals surface area contributed by atoms with Gasteiger partial charge in [-0.3, -0.25) is 0 Å². The van der Waals surface area contributed by atoms with E-state index >= 15 is 0 Å². The summed E-state index contributed by atoms with van der Waals surface area (Å²) in [5, 5.41) is 11.7. The molecule has 0 atom stereocenters. The molecule has 0 spiro atoms. The Labute approximate surface area is 193 Å². The van der Waals surface area contributed by atoms with Crippen molar-refractivity contribution in [1.82, 2.24) is 24.1 Å². The van der Waals surface area contributed by atoms with Crippen LogP contribution in [0.2, 0.25) is 0 Å². The molecule has 0 aliphatic heterocycles. The second kappa shape index (κ2) is 9.14. The van der Waals surface area contributed by atoms with Crippen molar-refractivity contribution >= 4 is 55.0 Å². The van der Waals surface area contributed by atoms with E-state index < -0.39 is 10.0 Å². The van der Waals surface area contributed by atoms with E-state index in [1.165, 1.54) is 47.6 Å². The van der Waals surface area contributed by atoms with E-state index in [0.717, 1.165) is 15.7 Å². The number of thioether (sulfide) groups is 1. The normalized spacial score (nSPS) is 12.0. The van der Waals surface area contributed by atoms with Crippen molar-refractivity contribution in [2.45, 2.75) is 28.5 Å². The fourth-order valence-electron chi connectivity index (χ4n) is 3.12. The molecule has 4 aromatic rings. The summed E-state index contributed by atoms with van der Waals surface area (Å²) >= 11 is 2.80. The van der Waals surface area contributed by atoms with Gasteiger partial charge in [0.2, 0.25) is 15.2 Å². The number of anilines is 2. The predicted molar refractivity (Wildman–Crippen MR) is 125 cm³/mol. The first-order chi connectivity index (χ1) is 15.3. The Hall–Kier alpha value is -2.54. The Balaban J connectivity index is 1.53. The van der Waals surface area contributed by atoms with Crippen LogP contribution in [0.3, 0.4) is 0 Å². The van der Waals surface area contributed by atoms with E-state index in [1.54, 1.807) is 36.4 Å². The molecular formula is C20H21FN6O2S3. The number of hydrogen-bond acceptors (Lipinski definition) is 8. The number of fused-ring (bicyclic) bond motifs is 1. The zero-order valence-electron chi connectivity index (χ0n) is 17.6. The van der Waals surface area contributed by atoms with E-state index in [0.29, 0.717) is 28.6 Å². The van der Waals surface area contributed by atoms with E-state index in [4.69, 9.17) is 0 Å². The standard InChI is InChI=1S/C20H21FN6O2S3/c1-4-27-17-10-9-13(32(28,29)26(2)3)11-16(17)22-18(27)12-30-20-25-24-19(31-20)23-15-8-6-5-7-14(15)21/h5-11H,4,12H2,1-3H3,(H,23,24). The van der Waals surface area contributed by atoms with Gasteiger partial charge in [-0.1, -0.05) is 35.2 Å². The van der Waals surface area contributed by atoms with Crippen LogP contribution in [-0.4, -0.2) is 46.6 Å². The number of halogens is 1. The molecule has 2 heterocycles. The number of nitrogens with one attached hydrogen (secondary N) is 1. The topological polar surface area (TPSA) is 93.0 Å². The number of hydrogen-bond donors (Lipinski definition) is 1. The van der Waals surface area contributed by atoms with Gasteiger partial charge in [-0.15, -0.1) is 10.2 Å². The third-order valence-electron chi connectivity index (χ3n) is 4.74. The van der Waals surface area contributed by atoms with Crippen LogP contribution < -0.4 is 5.32 Å². The maximum absolute atomic E-state index is 13.8. The maximum atomic E-state index is 13.8. The van der Waals surface area contributed by atoms with Gasteiger partial charge in [0.05, 0.1) is 27.4 Å². The summed E-state index contributed by atoms with van der Waals surface area (Å²) in [7, 11) is -0.524. The summed E-state index contributed by atoms with van der Waals surface area (Å²) in [4.78, 5) is 4.88. The highest BCUT2D eigenvalue weighted by Gasteiger charge is 2.20. The zero-order chi connectivity index (χ0) is 22.9. The van der Waals surface area contributed by atoms with E-state index in [-0.39, 0.29) is 10.7 Å². The lowest BCUT2D eigenvalue weighted by Crippen LogP contribution is -2.22. The second-order valence-corrected chi connectivity index (χ2v) is 11.3. The highest BCUT2D eigenvalue weighted by atomic mass is 32.2. The van der Waals surface area contributed by atoms with Crippen LogP contribution >= 0.6 is 23.1 Å². The van der Waals surface area contributed by atoms with Crippen molar-refractivity contribution in [3.63, 3.8) is 0 Å². The number of aromatic nitrogens is 4. The molecule has 2 aromatic heterocycles. The molecule has 168 valence electrons. The first kappa shape index (κ1) is 22.6. The van der Waals surface area contributed by atoms with Gasteiger partial charge in [-0.2, -0.15) is 0 Å². The summed E-state index contributed by atoms with van der Waals surface area (Å²) in [6, 6.07) is 11.4. The summed E-state index contributed by atoms with van der Waals surface area (Å²) < 4.78 is 42.7. The summed E-state index contributed by atoms with van der Waals surface area (Å²) in [5.41, 5.74) is 1.85. The quantitative estimate of drug-likeness (QED) is 0.366. The number of rotatable bonds is 8. The van der Waals surface area contributed by atoms with Gasteiger partial charge in [-0.05, 0) is 37.3 Å². The largest absolute Gasteiger partial charge is 0.328 e. The van der Waals surface area contributed by atoms with E-state index in [9.17, 15) is 12.8 Å². The number of para-hydroxylation sites is 1. The fraction of sp³-hybridized carbons (Fsp3) is 0.250. The smallest absolute Gasteiger partial charge is 0.242 e. The van der Waals surface area contributed by atoms with Gasteiger partial charge >= 0.3 is 0 Å². The third-order valence-corrected chi connectivity index (χ3v) is 8.52. The minimum atomic E-state index is -3.53. The molecule has 0 saturated carbocycles. The lowest BCUT2D eigenvalue weighted by molar-refractivity contribution is 0.521. The summed E-state index contributed by atoms with van der Waals surface area (Å²) in [6.07, 6.45) is 0. The van der Waals surface area contributed by atoms with Crippen molar-refractivity contribution in [3.8, 4) is 0 Å². The Bertz CT molecular complexity index is 1370. The highest BCUT2D eigenvalue weighted by molar-refractivity contribution is 8.00. The molecule has 0 amide bonds. The molecule has 0 saturated heterocycles. The number of nitrogens with zero attached hydrogens (tertiary/aromatic N) is 5. The van der Waals surface area contributed by atoms with Gasteiger partial charge in [0.15, 0.2) is 4.34 Å². The van der Waals surface area contributed by atoms with Gasteiger partial charge < -0.3 is 9.88 Å². The van der Waals surface area contributed by atoms with Crippen molar-refractivity contribution in [1.29, 1.82) is 0 Å². The number of benzene rings is 2. The molecule has 0 aliphatic carbocycles. The van der Waals surface area contributed by atoms with Crippen LogP contribution in [0.15, 0.2) is 51.7 Å². The SMILES string of the molecule is CCn1c(CSc2nnc(Nc3ccccc3F)s2)nc2cc(S(=O)(=O)N(C)C)ccc21. The van der Waals surface area contributed by atoms with E-state index in [2.05, 4.69) is 20.5 Å². The lowest BCUT2D eigenvalue weighted by atomic mass is 10.3. The molecule has 0 bridgehead atoms. The van der Waals surface area contributed by atoms with E-state index in [1.807, 2.05) is 11.5 Å². The lowest BCUT2D eigenvalue weighted by Gasteiger charge is -2.11. The van der Waals surface area contributed by atoms with Gasteiger partial charge in [0, 0.05) is 20.6 Å².